The molecule has 1 aromatic heterocycles. The highest BCUT2D eigenvalue weighted by Gasteiger charge is 2.32. The van der Waals surface area contributed by atoms with Crippen LogP contribution in [0.4, 0.5) is 0 Å². The van der Waals surface area contributed by atoms with Gasteiger partial charge >= 0.3 is 0 Å². The molecule has 3 rings (SSSR count). The molecular formula is C13H16Cl2N2O. The Kier molecular flexibility index (Phi) is 3.64. The third kappa shape index (κ3) is 2.58. The van der Waals surface area contributed by atoms with Gasteiger partial charge in [-0.25, -0.2) is 4.98 Å². The smallest absolute Gasteiger partial charge is 0.234 e. The number of hydrogen-bond donors (Lipinski definition) is 1. The van der Waals surface area contributed by atoms with Gasteiger partial charge in [0.2, 0.25) is 5.88 Å². The first-order chi connectivity index (χ1) is 8.72. The molecular weight excluding hydrogens is 271 g/mol. The zero-order chi connectivity index (χ0) is 12.5. The molecule has 2 fully saturated rings. The number of pyridine rings is 1. The van der Waals surface area contributed by atoms with Crippen LogP contribution in [0.25, 0.3) is 0 Å². The summed E-state index contributed by atoms with van der Waals surface area (Å²) in [6.07, 6.45) is 7.70. The highest BCUT2D eigenvalue weighted by molar-refractivity contribution is 6.42. The molecule has 3 atom stereocenters. The lowest BCUT2D eigenvalue weighted by Gasteiger charge is -2.40. The van der Waals surface area contributed by atoms with Gasteiger partial charge in [-0.15, -0.1) is 0 Å². The minimum Gasteiger partial charge on any atom is -0.473 e. The fraction of sp³-hybridized carbons (Fsp3) is 0.615. The number of piperidine rings is 2. The van der Waals surface area contributed by atoms with Gasteiger partial charge in [-0.1, -0.05) is 29.6 Å². The van der Waals surface area contributed by atoms with Crippen molar-refractivity contribution in [1.82, 2.24) is 10.3 Å². The molecule has 0 unspecified atom stereocenters. The van der Waals surface area contributed by atoms with Gasteiger partial charge in [0.25, 0.3) is 0 Å². The highest BCUT2D eigenvalue weighted by Crippen LogP contribution is 2.33. The normalized spacial score (nSPS) is 31.1. The molecule has 2 saturated heterocycles. The number of nitrogens with one attached hydrogen (secondary N) is 1. The number of fused-ring (bicyclic) bond motifs is 2. The standard InChI is InChI=1S/C13H16Cl2N2O/c14-11-4-5-16-13(12(11)15)18-10-6-8-2-1-3-9(7-10)17-8/h4-5,8-10,17H,1-3,6-7H2/t8-,9+,10-. The van der Waals surface area contributed by atoms with Crippen molar-refractivity contribution >= 4 is 23.2 Å². The van der Waals surface area contributed by atoms with E-state index in [4.69, 9.17) is 27.9 Å². The topological polar surface area (TPSA) is 34.1 Å². The van der Waals surface area contributed by atoms with E-state index in [0.717, 1.165) is 12.8 Å². The van der Waals surface area contributed by atoms with Crippen LogP contribution in [0.15, 0.2) is 12.3 Å². The van der Waals surface area contributed by atoms with Gasteiger partial charge in [0.1, 0.15) is 11.1 Å². The summed E-state index contributed by atoms with van der Waals surface area (Å²) < 4.78 is 5.94. The predicted octanol–water partition coefficient (Wildman–Crippen LogP) is 3.44. The molecule has 0 spiro atoms. The van der Waals surface area contributed by atoms with Gasteiger partial charge in [0.05, 0.1) is 5.02 Å². The van der Waals surface area contributed by atoms with E-state index in [0.29, 0.717) is 28.0 Å². The van der Waals surface area contributed by atoms with Crippen LogP contribution in [0.2, 0.25) is 10.0 Å². The predicted molar refractivity (Wildman–Crippen MR) is 72.5 cm³/mol. The lowest BCUT2D eigenvalue weighted by atomic mass is 9.85. The van der Waals surface area contributed by atoms with Gasteiger partial charge in [0.15, 0.2) is 0 Å². The van der Waals surface area contributed by atoms with Crippen molar-refractivity contribution in [1.29, 1.82) is 0 Å². The largest absolute Gasteiger partial charge is 0.473 e. The van der Waals surface area contributed by atoms with Crippen molar-refractivity contribution in [2.75, 3.05) is 0 Å². The first-order valence-corrected chi connectivity index (χ1v) is 7.20. The summed E-state index contributed by atoms with van der Waals surface area (Å²) in [5.41, 5.74) is 0. The van der Waals surface area contributed by atoms with E-state index >= 15 is 0 Å². The van der Waals surface area contributed by atoms with Crippen LogP contribution < -0.4 is 10.1 Å². The molecule has 1 N–H and O–H groups in total. The van der Waals surface area contributed by atoms with Gasteiger partial charge < -0.3 is 10.1 Å². The molecule has 3 heterocycles. The lowest BCUT2D eigenvalue weighted by molar-refractivity contribution is 0.0890. The maximum absolute atomic E-state index is 6.10. The van der Waals surface area contributed by atoms with Crippen LogP contribution in [-0.4, -0.2) is 23.2 Å². The summed E-state index contributed by atoms with van der Waals surface area (Å²) in [4.78, 5) is 4.17. The summed E-state index contributed by atoms with van der Waals surface area (Å²) in [6, 6.07) is 2.84. The minimum absolute atomic E-state index is 0.199. The van der Waals surface area contributed by atoms with Crippen molar-refractivity contribution in [3.8, 4) is 5.88 Å². The van der Waals surface area contributed by atoms with Crippen LogP contribution in [-0.2, 0) is 0 Å². The number of hydrogen-bond acceptors (Lipinski definition) is 3. The number of nitrogens with zero attached hydrogens (tertiary/aromatic N) is 1. The molecule has 5 heteroatoms. The van der Waals surface area contributed by atoms with Crippen LogP contribution in [0, 0.1) is 0 Å². The van der Waals surface area contributed by atoms with E-state index in [1.165, 1.54) is 19.3 Å². The molecule has 0 aliphatic carbocycles. The summed E-state index contributed by atoms with van der Waals surface area (Å²) in [5.74, 6) is 0.467. The molecule has 1 aromatic rings. The SMILES string of the molecule is Clc1ccnc(O[C@@H]2C[C@H]3CCC[C@@H](C2)N3)c1Cl. The Bertz CT molecular complexity index is 429. The molecule has 98 valence electrons. The number of ether oxygens (including phenoxy) is 1. The maximum Gasteiger partial charge on any atom is 0.234 e. The van der Waals surface area contributed by atoms with E-state index in [1.807, 2.05) is 0 Å². The number of aromatic nitrogens is 1. The lowest BCUT2D eigenvalue weighted by Crippen LogP contribution is -2.51. The second-order valence-corrected chi connectivity index (χ2v) is 5.90. The van der Waals surface area contributed by atoms with E-state index in [9.17, 15) is 0 Å². The van der Waals surface area contributed by atoms with Crippen molar-refractivity contribution in [2.45, 2.75) is 50.3 Å². The average molecular weight is 287 g/mol. The monoisotopic (exact) mass is 286 g/mol. The Morgan fingerprint density at radius 2 is 1.94 bits per heavy atom. The molecule has 2 aliphatic rings. The molecule has 2 bridgehead atoms. The number of halogens is 2. The summed E-state index contributed by atoms with van der Waals surface area (Å²) in [6.45, 7) is 0. The van der Waals surface area contributed by atoms with E-state index < -0.39 is 0 Å². The molecule has 0 aromatic carbocycles. The van der Waals surface area contributed by atoms with E-state index in [1.54, 1.807) is 12.3 Å². The van der Waals surface area contributed by atoms with E-state index in [-0.39, 0.29) is 6.10 Å². The van der Waals surface area contributed by atoms with E-state index in [2.05, 4.69) is 10.3 Å². The van der Waals surface area contributed by atoms with Crippen molar-refractivity contribution in [3.63, 3.8) is 0 Å². The molecule has 18 heavy (non-hydrogen) atoms. The van der Waals surface area contributed by atoms with Crippen LogP contribution in [0.3, 0.4) is 0 Å². The third-order valence-corrected chi connectivity index (χ3v) is 4.54. The van der Waals surface area contributed by atoms with Gasteiger partial charge in [0, 0.05) is 18.3 Å². The Balaban J connectivity index is 1.71. The summed E-state index contributed by atoms with van der Waals surface area (Å²) >= 11 is 12.1. The van der Waals surface area contributed by atoms with Gasteiger partial charge in [-0.05, 0) is 31.7 Å². The van der Waals surface area contributed by atoms with Crippen molar-refractivity contribution < 1.29 is 4.74 Å². The molecule has 0 saturated carbocycles. The molecule has 2 aliphatic heterocycles. The quantitative estimate of drug-likeness (QED) is 0.904. The fourth-order valence-electron chi connectivity index (χ4n) is 2.95. The maximum atomic E-state index is 6.10. The van der Waals surface area contributed by atoms with Gasteiger partial charge in [-0.3, -0.25) is 0 Å². The Morgan fingerprint density at radius 3 is 2.67 bits per heavy atom. The zero-order valence-electron chi connectivity index (χ0n) is 10.0. The fourth-order valence-corrected chi connectivity index (χ4v) is 3.25. The zero-order valence-corrected chi connectivity index (χ0v) is 11.5. The molecule has 0 amide bonds. The Hall–Kier alpha value is -0.510. The van der Waals surface area contributed by atoms with Crippen LogP contribution in [0.5, 0.6) is 5.88 Å². The second kappa shape index (κ2) is 5.24. The average Bonchev–Trinajstić information content (AvgIpc) is 2.35. The Labute approximate surface area is 117 Å². The van der Waals surface area contributed by atoms with Gasteiger partial charge in [-0.2, -0.15) is 0 Å². The first-order valence-electron chi connectivity index (χ1n) is 6.45. The summed E-state index contributed by atoms with van der Waals surface area (Å²) in [5, 5.41) is 4.55. The second-order valence-electron chi connectivity index (χ2n) is 5.11. The highest BCUT2D eigenvalue weighted by atomic mass is 35.5. The summed E-state index contributed by atoms with van der Waals surface area (Å²) in [7, 11) is 0. The number of rotatable bonds is 2. The minimum atomic E-state index is 0.199. The molecule has 0 radical (unpaired) electrons. The van der Waals surface area contributed by atoms with Crippen molar-refractivity contribution in [3.05, 3.63) is 22.3 Å². The van der Waals surface area contributed by atoms with Crippen LogP contribution >= 0.6 is 23.2 Å². The Morgan fingerprint density at radius 1 is 1.22 bits per heavy atom. The van der Waals surface area contributed by atoms with Crippen molar-refractivity contribution in [2.24, 2.45) is 0 Å². The third-order valence-electron chi connectivity index (χ3n) is 3.76. The van der Waals surface area contributed by atoms with Crippen LogP contribution in [0.1, 0.15) is 32.1 Å². The first kappa shape index (κ1) is 12.5. The molecule has 3 nitrogen and oxygen atoms in total.